The average molecular weight is 407 g/mol. The highest BCUT2D eigenvalue weighted by molar-refractivity contribution is 7.90. The van der Waals surface area contributed by atoms with Gasteiger partial charge in [0.1, 0.15) is 0 Å². The quantitative estimate of drug-likeness (QED) is 0.810. The zero-order chi connectivity index (χ0) is 18.1. The predicted molar refractivity (Wildman–Crippen MR) is 96.9 cm³/mol. The van der Waals surface area contributed by atoms with E-state index in [1.54, 1.807) is 25.1 Å². The highest BCUT2D eigenvalue weighted by Crippen LogP contribution is 2.27. The molecule has 0 spiro atoms. The third-order valence-corrected chi connectivity index (χ3v) is 5.51. The lowest BCUT2D eigenvalue weighted by atomic mass is 10.1. The van der Waals surface area contributed by atoms with E-state index >= 15 is 0 Å². The summed E-state index contributed by atoms with van der Waals surface area (Å²) in [6, 6.07) is 8.69. The van der Waals surface area contributed by atoms with Crippen LogP contribution in [0.15, 0.2) is 41.3 Å². The van der Waals surface area contributed by atoms with Gasteiger partial charge >= 0.3 is 0 Å². The van der Waals surface area contributed by atoms with Crippen molar-refractivity contribution >= 4 is 50.5 Å². The lowest BCUT2D eigenvalue weighted by Crippen LogP contribution is -2.27. The van der Waals surface area contributed by atoms with Crippen molar-refractivity contribution in [1.29, 1.82) is 0 Å². The SMILES string of the molecule is CC(NC(=O)c1ccc(Cl)c(S(C)(=O)=O)c1)c1ccc(Cl)cc1Cl. The third kappa shape index (κ3) is 4.42. The monoisotopic (exact) mass is 405 g/mol. The van der Waals surface area contributed by atoms with Gasteiger partial charge in [0, 0.05) is 21.9 Å². The number of carbonyl (C=O) groups excluding carboxylic acids is 1. The number of sulfone groups is 1. The molecule has 2 aromatic carbocycles. The fourth-order valence-corrected chi connectivity index (χ4v) is 4.01. The van der Waals surface area contributed by atoms with Gasteiger partial charge in [-0.15, -0.1) is 0 Å². The fourth-order valence-electron chi connectivity index (χ4n) is 2.14. The molecule has 2 rings (SSSR count). The molecule has 24 heavy (non-hydrogen) atoms. The third-order valence-electron chi connectivity index (χ3n) is 3.37. The van der Waals surface area contributed by atoms with Gasteiger partial charge in [0.15, 0.2) is 9.84 Å². The number of nitrogens with one attached hydrogen (secondary N) is 1. The van der Waals surface area contributed by atoms with E-state index in [1.165, 1.54) is 18.2 Å². The zero-order valence-corrected chi connectivity index (χ0v) is 15.9. The van der Waals surface area contributed by atoms with Gasteiger partial charge in [-0.05, 0) is 42.8 Å². The Morgan fingerprint density at radius 1 is 1.04 bits per heavy atom. The van der Waals surface area contributed by atoms with Crippen molar-refractivity contribution in [1.82, 2.24) is 5.32 Å². The molecule has 1 N–H and O–H groups in total. The van der Waals surface area contributed by atoms with Crippen LogP contribution in [-0.4, -0.2) is 20.6 Å². The minimum Gasteiger partial charge on any atom is -0.345 e. The molecule has 1 amide bonds. The normalized spacial score (nSPS) is 12.7. The Hall–Kier alpha value is -1.27. The molecule has 0 fully saturated rings. The summed E-state index contributed by atoms with van der Waals surface area (Å²) in [6.45, 7) is 1.76. The molecule has 8 heteroatoms. The van der Waals surface area contributed by atoms with E-state index in [2.05, 4.69) is 5.32 Å². The summed E-state index contributed by atoms with van der Waals surface area (Å²) in [6.07, 6.45) is 1.03. The number of carbonyl (C=O) groups is 1. The van der Waals surface area contributed by atoms with E-state index in [1.807, 2.05) is 0 Å². The second-order valence-corrected chi connectivity index (χ2v) is 8.51. The second-order valence-electron chi connectivity index (χ2n) is 5.28. The summed E-state index contributed by atoms with van der Waals surface area (Å²) < 4.78 is 23.4. The van der Waals surface area contributed by atoms with Crippen molar-refractivity contribution < 1.29 is 13.2 Å². The van der Waals surface area contributed by atoms with Crippen LogP contribution in [0, 0.1) is 0 Å². The highest BCUT2D eigenvalue weighted by Gasteiger charge is 2.18. The van der Waals surface area contributed by atoms with Crippen LogP contribution in [0.25, 0.3) is 0 Å². The van der Waals surface area contributed by atoms with Crippen LogP contribution in [0.2, 0.25) is 15.1 Å². The van der Waals surface area contributed by atoms with Gasteiger partial charge in [-0.2, -0.15) is 0 Å². The first-order chi connectivity index (χ1) is 11.1. The Bertz CT molecular complexity index is 897. The number of amides is 1. The number of hydrogen-bond acceptors (Lipinski definition) is 3. The summed E-state index contributed by atoms with van der Waals surface area (Å²) in [4.78, 5) is 12.3. The Labute approximate surface area is 155 Å². The van der Waals surface area contributed by atoms with Gasteiger partial charge in [0.2, 0.25) is 0 Å². The van der Waals surface area contributed by atoms with E-state index in [-0.39, 0.29) is 21.5 Å². The average Bonchev–Trinajstić information content (AvgIpc) is 2.46. The summed E-state index contributed by atoms with van der Waals surface area (Å²) in [5, 5.41) is 3.77. The lowest BCUT2D eigenvalue weighted by molar-refractivity contribution is 0.0939. The summed E-state index contributed by atoms with van der Waals surface area (Å²) in [5.41, 5.74) is 0.892. The molecular weight excluding hydrogens is 393 g/mol. The van der Waals surface area contributed by atoms with Crippen molar-refractivity contribution in [2.75, 3.05) is 6.26 Å². The maximum atomic E-state index is 12.4. The summed E-state index contributed by atoms with van der Waals surface area (Å²) >= 11 is 17.9. The predicted octanol–water partition coefficient (Wildman–Crippen LogP) is 4.54. The van der Waals surface area contributed by atoms with E-state index in [0.29, 0.717) is 15.6 Å². The number of benzene rings is 2. The van der Waals surface area contributed by atoms with E-state index in [9.17, 15) is 13.2 Å². The minimum atomic E-state index is -3.53. The molecule has 0 saturated heterocycles. The van der Waals surface area contributed by atoms with Crippen LogP contribution in [0.5, 0.6) is 0 Å². The Balaban J connectivity index is 2.27. The van der Waals surface area contributed by atoms with Gasteiger partial charge in [-0.25, -0.2) is 8.42 Å². The van der Waals surface area contributed by atoms with Crippen LogP contribution in [0.4, 0.5) is 0 Å². The van der Waals surface area contributed by atoms with Crippen molar-refractivity contribution in [3.8, 4) is 0 Å². The lowest BCUT2D eigenvalue weighted by Gasteiger charge is -2.16. The molecule has 0 aliphatic heterocycles. The fraction of sp³-hybridized carbons (Fsp3) is 0.188. The Morgan fingerprint density at radius 2 is 1.71 bits per heavy atom. The molecule has 0 saturated carbocycles. The van der Waals surface area contributed by atoms with Gasteiger partial charge in [-0.1, -0.05) is 40.9 Å². The molecule has 0 aromatic heterocycles. The number of rotatable bonds is 4. The van der Waals surface area contributed by atoms with Gasteiger partial charge in [-0.3, -0.25) is 4.79 Å². The second kappa shape index (κ2) is 7.31. The van der Waals surface area contributed by atoms with Crippen molar-refractivity contribution in [3.05, 3.63) is 62.6 Å². The van der Waals surface area contributed by atoms with E-state index in [4.69, 9.17) is 34.8 Å². The molecule has 0 radical (unpaired) electrons. The molecule has 128 valence electrons. The van der Waals surface area contributed by atoms with Gasteiger partial charge in [0.05, 0.1) is 16.0 Å². The van der Waals surface area contributed by atoms with E-state index < -0.39 is 15.7 Å². The molecule has 2 aromatic rings. The summed E-state index contributed by atoms with van der Waals surface area (Å²) in [7, 11) is -3.53. The van der Waals surface area contributed by atoms with Crippen molar-refractivity contribution in [2.45, 2.75) is 17.9 Å². The molecule has 0 heterocycles. The minimum absolute atomic E-state index is 0.0721. The van der Waals surface area contributed by atoms with Crippen LogP contribution in [0.1, 0.15) is 28.9 Å². The maximum Gasteiger partial charge on any atom is 0.251 e. The van der Waals surface area contributed by atoms with Crippen molar-refractivity contribution in [2.24, 2.45) is 0 Å². The Kier molecular flexibility index (Phi) is 5.81. The number of halogens is 3. The molecule has 1 atom stereocenters. The first-order valence-electron chi connectivity index (χ1n) is 6.85. The molecule has 4 nitrogen and oxygen atoms in total. The molecular formula is C16H14Cl3NO3S. The standard InChI is InChI=1S/C16H14Cl3NO3S/c1-9(12-5-4-11(17)8-14(12)19)20-16(21)10-3-6-13(18)15(7-10)24(2,22)23/h3-9H,1-2H3,(H,20,21). The van der Waals surface area contributed by atoms with Crippen LogP contribution in [0.3, 0.4) is 0 Å². The molecule has 0 aliphatic carbocycles. The molecule has 1 unspecified atom stereocenters. The zero-order valence-electron chi connectivity index (χ0n) is 12.8. The summed E-state index contributed by atoms with van der Waals surface area (Å²) in [5.74, 6) is -0.435. The van der Waals surface area contributed by atoms with Gasteiger partial charge in [0.25, 0.3) is 5.91 Å². The topological polar surface area (TPSA) is 63.2 Å². The van der Waals surface area contributed by atoms with Crippen molar-refractivity contribution in [3.63, 3.8) is 0 Å². The molecule has 0 aliphatic rings. The maximum absolute atomic E-state index is 12.4. The van der Waals surface area contributed by atoms with Crippen LogP contribution in [-0.2, 0) is 9.84 Å². The largest absolute Gasteiger partial charge is 0.345 e. The Morgan fingerprint density at radius 3 is 2.29 bits per heavy atom. The highest BCUT2D eigenvalue weighted by atomic mass is 35.5. The first kappa shape index (κ1) is 19.1. The molecule has 0 bridgehead atoms. The van der Waals surface area contributed by atoms with E-state index in [0.717, 1.165) is 6.26 Å². The smallest absolute Gasteiger partial charge is 0.251 e. The van der Waals surface area contributed by atoms with Crippen LogP contribution >= 0.6 is 34.8 Å². The number of hydrogen-bond donors (Lipinski definition) is 1. The van der Waals surface area contributed by atoms with Crippen LogP contribution < -0.4 is 5.32 Å². The van der Waals surface area contributed by atoms with Gasteiger partial charge < -0.3 is 5.32 Å². The first-order valence-corrected chi connectivity index (χ1v) is 9.87.